The maximum atomic E-state index is 12.1. The highest BCUT2D eigenvalue weighted by Crippen LogP contribution is 2.51. The standard InChI is InChI=1S/C15H21ClO/c1-9-5-6-12-10(2)14(17)13(16)11(3)15(12,4)8-7-9/h7,11,13H,5-6,8H2,1-4H3. The van der Waals surface area contributed by atoms with Crippen LogP contribution in [0.3, 0.4) is 0 Å². The van der Waals surface area contributed by atoms with Gasteiger partial charge in [0.05, 0.1) is 5.38 Å². The first-order valence-electron chi connectivity index (χ1n) is 6.42. The summed E-state index contributed by atoms with van der Waals surface area (Å²) in [5, 5.41) is -0.351. The summed E-state index contributed by atoms with van der Waals surface area (Å²) in [7, 11) is 0. The smallest absolute Gasteiger partial charge is 0.176 e. The quantitative estimate of drug-likeness (QED) is 0.465. The van der Waals surface area contributed by atoms with Gasteiger partial charge in [-0.05, 0) is 50.0 Å². The summed E-state index contributed by atoms with van der Waals surface area (Å²) in [6.07, 6.45) is 5.44. The average Bonchev–Trinajstić information content (AvgIpc) is 2.46. The Hall–Kier alpha value is -0.560. The van der Waals surface area contributed by atoms with Gasteiger partial charge in [-0.1, -0.05) is 31.1 Å². The van der Waals surface area contributed by atoms with E-state index in [-0.39, 0.29) is 22.5 Å². The number of halogens is 1. The Bertz CT molecular complexity index is 419. The van der Waals surface area contributed by atoms with Crippen molar-refractivity contribution in [3.63, 3.8) is 0 Å². The number of hydrogen-bond acceptors (Lipinski definition) is 1. The predicted octanol–water partition coefficient (Wildman–Crippen LogP) is 4.27. The zero-order valence-corrected chi connectivity index (χ0v) is 11.9. The van der Waals surface area contributed by atoms with Crippen LogP contribution in [-0.4, -0.2) is 11.2 Å². The van der Waals surface area contributed by atoms with Crippen molar-refractivity contribution < 1.29 is 4.79 Å². The molecule has 0 saturated heterocycles. The topological polar surface area (TPSA) is 17.1 Å². The highest BCUT2D eigenvalue weighted by molar-refractivity contribution is 6.34. The van der Waals surface area contributed by atoms with Gasteiger partial charge in [-0.3, -0.25) is 4.79 Å². The molecular formula is C15H21ClO. The lowest BCUT2D eigenvalue weighted by molar-refractivity contribution is -0.117. The average molecular weight is 253 g/mol. The van der Waals surface area contributed by atoms with Crippen molar-refractivity contribution >= 4 is 17.4 Å². The molecule has 2 aliphatic rings. The number of Topliss-reactive ketones (excluding diaryl/α,β-unsaturated/α-hetero) is 1. The molecule has 94 valence electrons. The molecule has 3 atom stereocenters. The number of alkyl halides is 1. The molecule has 3 unspecified atom stereocenters. The summed E-state index contributed by atoms with van der Waals surface area (Å²) in [5.41, 5.74) is 3.78. The third-order valence-corrected chi connectivity index (χ3v) is 5.43. The summed E-state index contributed by atoms with van der Waals surface area (Å²) in [4.78, 5) is 12.1. The lowest BCUT2D eigenvalue weighted by Gasteiger charge is -2.43. The van der Waals surface area contributed by atoms with Crippen LogP contribution in [0.5, 0.6) is 0 Å². The minimum Gasteiger partial charge on any atom is -0.293 e. The fourth-order valence-corrected chi connectivity index (χ4v) is 3.64. The van der Waals surface area contributed by atoms with E-state index in [0.29, 0.717) is 0 Å². The number of allylic oxidation sites excluding steroid dienone is 4. The van der Waals surface area contributed by atoms with Crippen molar-refractivity contribution in [2.75, 3.05) is 0 Å². The molecule has 0 bridgehead atoms. The van der Waals surface area contributed by atoms with Crippen molar-refractivity contribution in [3.05, 3.63) is 22.8 Å². The molecule has 2 rings (SSSR count). The van der Waals surface area contributed by atoms with Gasteiger partial charge in [-0.15, -0.1) is 11.6 Å². The van der Waals surface area contributed by atoms with Gasteiger partial charge in [0.2, 0.25) is 0 Å². The first kappa shape index (κ1) is 12.9. The fraction of sp³-hybridized carbons (Fsp3) is 0.667. The van der Waals surface area contributed by atoms with E-state index < -0.39 is 0 Å². The van der Waals surface area contributed by atoms with Crippen molar-refractivity contribution in [2.45, 2.75) is 52.3 Å². The van der Waals surface area contributed by atoms with Crippen LogP contribution in [0.1, 0.15) is 47.0 Å². The second kappa shape index (κ2) is 4.28. The van der Waals surface area contributed by atoms with E-state index in [0.717, 1.165) is 24.8 Å². The van der Waals surface area contributed by atoms with Crippen LogP contribution in [0, 0.1) is 11.3 Å². The Labute approximate surface area is 109 Å². The zero-order chi connectivity index (χ0) is 12.8. The van der Waals surface area contributed by atoms with E-state index in [9.17, 15) is 4.79 Å². The third kappa shape index (κ3) is 1.89. The van der Waals surface area contributed by atoms with E-state index in [4.69, 9.17) is 11.6 Å². The molecule has 0 fully saturated rings. The molecule has 0 amide bonds. The molecule has 1 nitrogen and oxygen atoms in total. The van der Waals surface area contributed by atoms with Gasteiger partial charge in [0.25, 0.3) is 0 Å². The molecule has 0 aromatic carbocycles. The van der Waals surface area contributed by atoms with Crippen LogP contribution in [0.15, 0.2) is 22.8 Å². The number of ketones is 1. The molecule has 0 saturated carbocycles. The van der Waals surface area contributed by atoms with E-state index in [1.165, 1.54) is 11.1 Å². The summed E-state index contributed by atoms with van der Waals surface area (Å²) in [6, 6.07) is 0. The van der Waals surface area contributed by atoms with E-state index in [2.05, 4.69) is 26.8 Å². The molecule has 0 N–H and O–H groups in total. The van der Waals surface area contributed by atoms with Gasteiger partial charge in [0.15, 0.2) is 5.78 Å². The summed E-state index contributed by atoms with van der Waals surface area (Å²) in [6.45, 7) is 8.53. The Balaban J connectivity index is 2.53. The van der Waals surface area contributed by atoms with Gasteiger partial charge in [-0.2, -0.15) is 0 Å². The van der Waals surface area contributed by atoms with Crippen LogP contribution in [0.4, 0.5) is 0 Å². The molecule has 2 heteroatoms. The zero-order valence-electron chi connectivity index (χ0n) is 11.1. The molecule has 0 spiro atoms. The molecule has 0 radical (unpaired) electrons. The molecule has 17 heavy (non-hydrogen) atoms. The van der Waals surface area contributed by atoms with E-state index in [1.807, 2.05) is 6.92 Å². The Morgan fingerprint density at radius 3 is 2.65 bits per heavy atom. The van der Waals surface area contributed by atoms with Crippen molar-refractivity contribution in [1.82, 2.24) is 0 Å². The molecule has 0 aromatic rings. The molecule has 2 aliphatic carbocycles. The third-order valence-electron chi connectivity index (χ3n) is 4.85. The van der Waals surface area contributed by atoms with Crippen LogP contribution in [0.2, 0.25) is 0 Å². The Morgan fingerprint density at radius 2 is 2.00 bits per heavy atom. The van der Waals surface area contributed by atoms with E-state index >= 15 is 0 Å². The van der Waals surface area contributed by atoms with E-state index in [1.54, 1.807) is 0 Å². The SMILES string of the molecule is CC1=CCC2(C)C(=C(C)C(=O)C(Cl)C2C)CC1. The fourth-order valence-electron chi connectivity index (χ4n) is 3.20. The van der Waals surface area contributed by atoms with Gasteiger partial charge in [-0.25, -0.2) is 0 Å². The van der Waals surface area contributed by atoms with Gasteiger partial charge in [0, 0.05) is 0 Å². The maximum Gasteiger partial charge on any atom is 0.176 e. The largest absolute Gasteiger partial charge is 0.293 e. The summed E-state index contributed by atoms with van der Waals surface area (Å²) < 4.78 is 0. The first-order chi connectivity index (χ1) is 7.88. The first-order valence-corrected chi connectivity index (χ1v) is 6.85. The van der Waals surface area contributed by atoms with Crippen molar-refractivity contribution in [2.24, 2.45) is 11.3 Å². The molecule has 0 heterocycles. The normalized spacial score (nSPS) is 38.6. The summed E-state index contributed by atoms with van der Waals surface area (Å²) >= 11 is 6.31. The van der Waals surface area contributed by atoms with Crippen LogP contribution >= 0.6 is 11.6 Å². The second-order valence-corrected chi connectivity index (χ2v) is 6.30. The van der Waals surface area contributed by atoms with Crippen LogP contribution in [-0.2, 0) is 4.79 Å². The highest BCUT2D eigenvalue weighted by atomic mass is 35.5. The lowest BCUT2D eigenvalue weighted by Crippen LogP contribution is -2.42. The number of carbonyl (C=O) groups excluding carboxylic acids is 1. The van der Waals surface area contributed by atoms with Crippen LogP contribution < -0.4 is 0 Å². The monoisotopic (exact) mass is 252 g/mol. The van der Waals surface area contributed by atoms with Crippen molar-refractivity contribution in [3.8, 4) is 0 Å². The van der Waals surface area contributed by atoms with Gasteiger partial charge >= 0.3 is 0 Å². The molecule has 0 aliphatic heterocycles. The lowest BCUT2D eigenvalue weighted by atomic mass is 9.62. The van der Waals surface area contributed by atoms with Gasteiger partial charge in [0.1, 0.15) is 0 Å². The van der Waals surface area contributed by atoms with Crippen LogP contribution in [0.25, 0.3) is 0 Å². The molecular weight excluding hydrogens is 232 g/mol. The Morgan fingerprint density at radius 1 is 1.35 bits per heavy atom. The summed E-state index contributed by atoms with van der Waals surface area (Å²) in [5.74, 6) is 0.365. The predicted molar refractivity (Wildman–Crippen MR) is 72.2 cm³/mol. The number of rotatable bonds is 0. The minimum atomic E-state index is -0.351. The number of hydrogen-bond donors (Lipinski definition) is 0. The highest BCUT2D eigenvalue weighted by Gasteiger charge is 2.46. The number of carbonyl (C=O) groups is 1. The Kier molecular flexibility index (Phi) is 3.24. The van der Waals surface area contributed by atoms with Crippen molar-refractivity contribution in [1.29, 1.82) is 0 Å². The maximum absolute atomic E-state index is 12.1. The van der Waals surface area contributed by atoms with Gasteiger partial charge < -0.3 is 0 Å². The second-order valence-electron chi connectivity index (χ2n) is 5.83. The number of fused-ring (bicyclic) bond motifs is 1. The minimum absolute atomic E-state index is 0.0716. The molecule has 0 aromatic heterocycles.